The van der Waals surface area contributed by atoms with Gasteiger partial charge in [0, 0.05) is 5.56 Å². The van der Waals surface area contributed by atoms with Gasteiger partial charge in [0.05, 0.1) is 5.88 Å². The van der Waals surface area contributed by atoms with Crippen LogP contribution in [0.4, 0.5) is 0 Å². The number of rotatable bonds is 2. The summed E-state index contributed by atoms with van der Waals surface area (Å²) >= 11 is 5.49. The van der Waals surface area contributed by atoms with E-state index in [1.165, 1.54) is 0 Å². The average molecular weight is 205 g/mol. The van der Waals surface area contributed by atoms with E-state index in [9.17, 15) is 4.79 Å². The Labute approximate surface area is 87.3 Å². The lowest BCUT2D eigenvalue weighted by atomic mass is 10.1. The van der Waals surface area contributed by atoms with Crippen LogP contribution >= 0.6 is 11.6 Å². The second kappa shape index (κ2) is 3.81. The molecule has 0 amide bonds. The summed E-state index contributed by atoms with van der Waals surface area (Å²) < 4.78 is 0. The Morgan fingerprint density at radius 2 is 1.79 bits per heavy atom. The molecule has 14 heavy (non-hydrogen) atoms. The Bertz CT molecular complexity index is 476. The number of fused-ring (bicyclic) bond motifs is 1. The van der Waals surface area contributed by atoms with Gasteiger partial charge in [-0.25, -0.2) is 0 Å². The summed E-state index contributed by atoms with van der Waals surface area (Å²) in [4.78, 5) is 11.3. The molecule has 0 unspecified atom stereocenters. The fraction of sp³-hybridized carbons (Fsp3) is 0.0833. The molecule has 0 aliphatic carbocycles. The topological polar surface area (TPSA) is 17.1 Å². The third-order valence-electron chi connectivity index (χ3n) is 2.19. The number of carbonyl (C=O) groups excluding carboxylic acids is 1. The van der Waals surface area contributed by atoms with Crippen LogP contribution in [-0.4, -0.2) is 11.7 Å². The predicted octanol–water partition coefficient (Wildman–Crippen LogP) is 3.26. The molecule has 2 rings (SSSR count). The van der Waals surface area contributed by atoms with E-state index in [2.05, 4.69) is 0 Å². The normalized spacial score (nSPS) is 10.4. The predicted molar refractivity (Wildman–Crippen MR) is 59.0 cm³/mol. The maximum absolute atomic E-state index is 11.3. The van der Waals surface area contributed by atoms with Crippen molar-refractivity contribution in [2.45, 2.75) is 0 Å². The zero-order valence-electron chi connectivity index (χ0n) is 7.53. The van der Waals surface area contributed by atoms with E-state index in [0.717, 1.165) is 10.8 Å². The van der Waals surface area contributed by atoms with Crippen LogP contribution in [0.3, 0.4) is 0 Å². The Balaban J connectivity index is 2.56. The minimum atomic E-state index is -0.0302. The fourth-order valence-electron chi connectivity index (χ4n) is 1.44. The van der Waals surface area contributed by atoms with E-state index in [0.29, 0.717) is 5.56 Å². The highest BCUT2D eigenvalue weighted by molar-refractivity contribution is 6.30. The van der Waals surface area contributed by atoms with Crippen LogP contribution in [0.1, 0.15) is 10.4 Å². The van der Waals surface area contributed by atoms with Crippen molar-refractivity contribution in [3.8, 4) is 0 Å². The van der Waals surface area contributed by atoms with Gasteiger partial charge in [-0.2, -0.15) is 0 Å². The van der Waals surface area contributed by atoms with Crippen molar-refractivity contribution >= 4 is 28.2 Å². The van der Waals surface area contributed by atoms with Gasteiger partial charge in [0.25, 0.3) is 0 Å². The van der Waals surface area contributed by atoms with E-state index in [4.69, 9.17) is 11.6 Å². The average Bonchev–Trinajstić information content (AvgIpc) is 2.27. The first-order chi connectivity index (χ1) is 6.81. The van der Waals surface area contributed by atoms with Gasteiger partial charge < -0.3 is 0 Å². The van der Waals surface area contributed by atoms with Crippen LogP contribution in [0.5, 0.6) is 0 Å². The summed E-state index contributed by atoms with van der Waals surface area (Å²) in [7, 11) is 0. The molecular formula is C12H9ClO. The van der Waals surface area contributed by atoms with Crippen molar-refractivity contribution < 1.29 is 4.79 Å². The molecule has 2 aromatic rings. The third-order valence-corrected chi connectivity index (χ3v) is 2.44. The van der Waals surface area contributed by atoms with E-state index in [1.807, 2.05) is 42.5 Å². The van der Waals surface area contributed by atoms with E-state index >= 15 is 0 Å². The number of benzene rings is 2. The van der Waals surface area contributed by atoms with Gasteiger partial charge >= 0.3 is 0 Å². The number of Topliss-reactive ketones (excluding diaryl/α,β-unsaturated/α-hetero) is 1. The molecular weight excluding hydrogens is 196 g/mol. The Morgan fingerprint density at radius 3 is 2.50 bits per heavy atom. The number of halogens is 1. The van der Waals surface area contributed by atoms with E-state index < -0.39 is 0 Å². The van der Waals surface area contributed by atoms with Crippen molar-refractivity contribution in [1.82, 2.24) is 0 Å². The standard InChI is InChI=1S/C12H9ClO/c13-8-12(14)11-6-5-9-3-1-2-4-10(9)7-11/h1-7H,8H2. The maximum atomic E-state index is 11.3. The Morgan fingerprint density at radius 1 is 1.07 bits per heavy atom. The molecule has 0 fully saturated rings. The lowest BCUT2D eigenvalue weighted by Crippen LogP contribution is -1.99. The summed E-state index contributed by atoms with van der Waals surface area (Å²) in [6.45, 7) is 0. The first-order valence-corrected chi connectivity index (χ1v) is 4.92. The molecule has 70 valence electrons. The SMILES string of the molecule is O=C(CCl)c1ccc2ccccc2c1. The summed E-state index contributed by atoms with van der Waals surface area (Å²) in [5.41, 5.74) is 0.679. The van der Waals surface area contributed by atoms with Crippen LogP contribution < -0.4 is 0 Å². The van der Waals surface area contributed by atoms with E-state index in [1.54, 1.807) is 0 Å². The molecule has 0 aliphatic rings. The highest BCUT2D eigenvalue weighted by atomic mass is 35.5. The third kappa shape index (κ3) is 1.64. The molecule has 0 atom stereocenters. The second-order valence-electron chi connectivity index (χ2n) is 3.12. The largest absolute Gasteiger partial charge is 0.293 e. The summed E-state index contributed by atoms with van der Waals surface area (Å²) in [6, 6.07) is 13.6. The van der Waals surface area contributed by atoms with Gasteiger partial charge in [-0.15, -0.1) is 11.6 Å². The second-order valence-corrected chi connectivity index (χ2v) is 3.39. The molecule has 0 aliphatic heterocycles. The van der Waals surface area contributed by atoms with Crippen molar-refractivity contribution in [2.75, 3.05) is 5.88 Å². The molecule has 2 aromatic carbocycles. The van der Waals surface area contributed by atoms with Crippen molar-refractivity contribution in [1.29, 1.82) is 0 Å². The van der Waals surface area contributed by atoms with Gasteiger partial charge in [0.1, 0.15) is 0 Å². The summed E-state index contributed by atoms with van der Waals surface area (Å²) in [6.07, 6.45) is 0. The first-order valence-electron chi connectivity index (χ1n) is 4.39. The number of hydrogen-bond acceptors (Lipinski definition) is 1. The van der Waals surface area contributed by atoms with Crippen molar-refractivity contribution in [3.05, 3.63) is 48.0 Å². The van der Waals surface area contributed by atoms with E-state index in [-0.39, 0.29) is 11.7 Å². The van der Waals surface area contributed by atoms with Crippen LogP contribution in [0, 0.1) is 0 Å². The number of ketones is 1. The number of alkyl halides is 1. The Hall–Kier alpha value is -1.34. The monoisotopic (exact) mass is 204 g/mol. The highest BCUT2D eigenvalue weighted by Gasteiger charge is 2.03. The van der Waals surface area contributed by atoms with Gasteiger partial charge in [0.2, 0.25) is 0 Å². The van der Waals surface area contributed by atoms with Gasteiger partial charge in [-0.3, -0.25) is 4.79 Å². The maximum Gasteiger partial charge on any atom is 0.177 e. The molecule has 0 radical (unpaired) electrons. The van der Waals surface area contributed by atoms with Crippen LogP contribution in [-0.2, 0) is 0 Å². The van der Waals surface area contributed by atoms with Gasteiger partial charge in [-0.1, -0.05) is 36.4 Å². The number of carbonyl (C=O) groups is 1. The molecule has 0 bridgehead atoms. The van der Waals surface area contributed by atoms with Crippen molar-refractivity contribution in [2.24, 2.45) is 0 Å². The quantitative estimate of drug-likeness (QED) is 0.542. The zero-order valence-corrected chi connectivity index (χ0v) is 8.29. The minimum absolute atomic E-state index is 0.0302. The summed E-state index contributed by atoms with van der Waals surface area (Å²) in [5, 5.41) is 2.21. The van der Waals surface area contributed by atoms with Crippen molar-refractivity contribution in [3.63, 3.8) is 0 Å². The highest BCUT2D eigenvalue weighted by Crippen LogP contribution is 2.16. The molecule has 1 nitrogen and oxygen atoms in total. The minimum Gasteiger partial charge on any atom is -0.293 e. The lowest BCUT2D eigenvalue weighted by Gasteiger charge is -2.00. The summed E-state index contributed by atoms with van der Waals surface area (Å²) in [5.74, 6) is 0.00985. The molecule has 0 spiro atoms. The van der Waals surface area contributed by atoms with Crippen LogP contribution in [0.15, 0.2) is 42.5 Å². The lowest BCUT2D eigenvalue weighted by molar-refractivity contribution is 0.102. The molecule has 0 aromatic heterocycles. The smallest absolute Gasteiger partial charge is 0.177 e. The molecule has 0 heterocycles. The molecule has 0 saturated heterocycles. The zero-order chi connectivity index (χ0) is 9.97. The molecule has 2 heteroatoms. The van der Waals surface area contributed by atoms with Crippen LogP contribution in [0.25, 0.3) is 10.8 Å². The van der Waals surface area contributed by atoms with Gasteiger partial charge in [0.15, 0.2) is 5.78 Å². The first kappa shape index (κ1) is 9.22. The molecule has 0 saturated carbocycles. The fourth-order valence-corrected chi connectivity index (χ4v) is 1.59. The Kier molecular flexibility index (Phi) is 2.51. The van der Waals surface area contributed by atoms with Gasteiger partial charge in [-0.05, 0) is 16.8 Å². The molecule has 0 N–H and O–H groups in total. The van der Waals surface area contributed by atoms with Crippen LogP contribution in [0.2, 0.25) is 0 Å². The number of hydrogen-bond donors (Lipinski definition) is 0.